The molecule has 0 aliphatic heterocycles. The molecule has 2 N–H and O–H groups in total. The van der Waals surface area contributed by atoms with Gasteiger partial charge in [-0.25, -0.2) is 0 Å². The van der Waals surface area contributed by atoms with Gasteiger partial charge in [0.1, 0.15) is 11.5 Å². The van der Waals surface area contributed by atoms with Gasteiger partial charge in [-0.1, -0.05) is 32.0 Å². The Bertz CT molecular complexity index is 810. The third-order valence-electron chi connectivity index (χ3n) is 3.66. The first-order valence-electron chi connectivity index (χ1n) is 8.50. The third kappa shape index (κ3) is 6.14. The molecule has 1 atom stereocenters. The van der Waals surface area contributed by atoms with E-state index in [1.54, 1.807) is 42.5 Å². The van der Waals surface area contributed by atoms with Gasteiger partial charge in [0, 0.05) is 11.6 Å². The minimum Gasteiger partial charge on any atom is -0.548 e. The van der Waals surface area contributed by atoms with Crippen molar-refractivity contribution < 1.29 is 23.9 Å². The number of carboxylic acid groups (broad SMARTS) is 1. The molecule has 0 aliphatic carbocycles. The molecule has 0 saturated carbocycles. The molecule has 0 saturated heterocycles. The average molecular weight is 369 g/mol. The molecule has 0 aliphatic rings. The molecule has 0 spiro atoms. The number of benzene rings is 1. The topological polar surface area (TPSA) is 111 Å². The summed E-state index contributed by atoms with van der Waals surface area (Å²) in [6.45, 7) is 3.66. The van der Waals surface area contributed by atoms with E-state index in [0.717, 1.165) is 0 Å². The number of hydrogen-bond donors (Lipinski definition) is 2. The van der Waals surface area contributed by atoms with E-state index >= 15 is 0 Å². The number of amides is 2. The molecule has 0 bridgehead atoms. The van der Waals surface area contributed by atoms with Crippen LogP contribution in [0.25, 0.3) is 6.08 Å². The van der Waals surface area contributed by atoms with Gasteiger partial charge in [0.15, 0.2) is 0 Å². The normalized spacial score (nSPS) is 12.5. The first kappa shape index (κ1) is 20.0. The number of aliphatic carboxylic acids is 1. The summed E-state index contributed by atoms with van der Waals surface area (Å²) in [7, 11) is 0. The summed E-state index contributed by atoms with van der Waals surface area (Å²) >= 11 is 0. The summed E-state index contributed by atoms with van der Waals surface area (Å²) in [5, 5.41) is 16.2. The fourth-order valence-electron chi connectivity index (χ4n) is 2.38. The predicted molar refractivity (Wildman–Crippen MR) is 97.0 cm³/mol. The van der Waals surface area contributed by atoms with Crippen molar-refractivity contribution in [2.75, 3.05) is 0 Å². The maximum Gasteiger partial charge on any atom is 0.268 e. The lowest BCUT2D eigenvalue weighted by atomic mass is 10.0. The Morgan fingerprint density at radius 2 is 1.81 bits per heavy atom. The molecule has 2 amide bonds. The van der Waals surface area contributed by atoms with Gasteiger partial charge in [-0.15, -0.1) is 0 Å². The van der Waals surface area contributed by atoms with Crippen LogP contribution in [0.1, 0.15) is 36.4 Å². The summed E-state index contributed by atoms with van der Waals surface area (Å²) in [6, 6.07) is 10.4. The maximum atomic E-state index is 12.6. The number of carbonyl (C=O) groups is 3. The van der Waals surface area contributed by atoms with E-state index in [0.29, 0.717) is 11.3 Å². The van der Waals surface area contributed by atoms with Crippen molar-refractivity contribution in [3.63, 3.8) is 0 Å². The smallest absolute Gasteiger partial charge is 0.268 e. The number of hydrogen-bond acceptors (Lipinski definition) is 5. The summed E-state index contributed by atoms with van der Waals surface area (Å²) in [6.07, 6.45) is 2.95. The molecule has 1 heterocycles. The van der Waals surface area contributed by atoms with E-state index in [-0.39, 0.29) is 18.0 Å². The van der Waals surface area contributed by atoms with Crippen LogP contribution in [0, 0.1) is 5.92 Å². The van der Waals surface area contributed by atoms with E-state index in [2.05, 4.69) is 10.6 Å². The van der Waals surface area contributed by atoms with Crippen molar-refractivity contribution in [1.29, 1.82) is 0 Å². The summed E-state index contributed by atoms with van der Waals surface area (Å²) < 4.78 is 5.18. The molecule has 2 aromatic rings. The van der Waals surface area contributed by atoms with Gasteiger partial charge in [0.05, 0.1) is 18.3 Å². The van der Waals surface area contributed by atoms with Gasteiger partial charge >= 0.3 is 0 Å². The first-order chi connectivity index (χ1) is 12.9. The Hall–Kier alpha value is -3.35. The van der Waals surface area contributed by atoms with Crippen molar-refractivity contribution in [2.24, 2.45) is 5.92 Å². The van der Waals surface area contributed by atoms with Gasteiger partial charge < -0.3 is 25.0 Å². The Morgan fingerprint density at radius 3 is 2.37 bits per heavy atom. The molecule has 2 rings (SSSR count). The van der Waals surface area contributed by atoms with Crippen LogP contribution in [0.4, 0.5) is 0 Å². The number of nitrogens with one attached hydrogen (secondary N) is 2. The standard InChI is InChI=1S/C20H22N2O5/c1-13(2)11-17(20(25)26)22-19(24)16(12-15-9-6-10-27-15)21-18(23)14-7-4-3-5-8-14/h3-10,12-13,17H,11H2,1-2H3,(H,21,23)(H,22,24)(H,25,26)/p-1/t17-/m1/s1. The van der Waals surface area contributed by atoms with Crippen molar-refractivity contribution in [3.05, 3.63) is 65.7 Å². The lowest BCUT2D eigenvalue weighted by molar-refractivity contribution is -0.308. The zero-order chi connectivity index (χ0) is 19.8. The molecule has 142 valence electrons. The summed E-state index contributed by atoms with van der Waals surface area (Å²) in [4.78, 5) is 36.3. The average Bonchev–Trinajstić information content (AvgIpc) is 3.13. The van der Waals surface area contributed by atoms with E-state index in [9.17, 15) is 19.5 Å². The number of rotatable bonds is 8. The van der Waals surface area contributed by atoms with Crippen LogP contribution in [0.3, 0.4) is 0 Å². The van der Waals surface area contributed by atoms with Crippen LogP contribution in [0.15, 0.2) is 58.8 Å². The molecule has 1 aromatic carbocycles. The number of furan rings is 1. The van der Waals surface area contributed by atoms with Crippen LogP contribution in [0.2, 0.25) is 0 Å². The molecule has 0 radical (unpaired) electrons. The van der Waals surface area contributed by atoms with E-state index in [4.69, 9.17) is 4.42 Å². The van der Waals surface area contributed by atoms with Crippen LogP contribution < -0.4 is 15.7 Å². The highest BCUT2D eigenvalue weighted by atomic mass is 16.4. The van der Waals surface area contributed by atoms with Gasteiger partial charge in [0.2, 0.25) is 0 Å². The number of carboxylic acids is 1. The predicted octanol–water partition coefficient (Wildman–Crippen LogP) is 1.33. The molecule has 7 heteroatoms. The molecule has 0 fully saturated rings. The fraction of sp³-hybridized carbons (Fsp3) is 0.250. The minimum atomic E-state index is -1.39. The van der Waals surface area contributed by atoms with Crippen molar-refractivity contribution in [1.82, 2.24) is 10.6 Å². The Balaban J connectivity index is 2.23. The zero-order valence-corrected chi connectivity index (χ0v) is 15.1. The van der Waals surface area contributed by atoms with Crippen LogP contribution in [-0.4, -0.2) is 23.8 Å². The zero-order valence-electron chi connectivity index (χ0n) is 15.1. The summed E-state index contributed by atoms with van der Waals surface area (Å²) in [5.74, 6) is -2.27. The lowest BCUT2D eigenvalue weighted by Crippen LogP contribution is -2.50. The maximum absolute atomic E-state index is 12.6. The molecule has 0 unspecified atom stereocenters. The van der Waals surface area contributed by atoms with Crippen LogP contribution in [0.5, 0.6) is 0 Å². The van der Waals surface area contributed by atoms with Crippen molar-refractivity contribution in [2.45, 2.75) is 26.3 Å². The van der Waals surface area contributed by atoms with Crippen molar-refractivity contribution in [3.8, 4) is 0 Å². The van der Waals surface area contributed by atoms with Crippen LogP contribution in [-0.2, 0) is 9.59 Å². The Labute approximate surface area is 157 Å². The van der Waals surface area contributed by atoms with E-state index in [1.807, 2.05) is 13.8 Å². The molecule has 1 aromatic heterocycles. The van der Waals surface area contributed by atoms with Gasteiger partial charge in [0.25, 0.3) is 11.8 Å². The fourth-order valence-corrected chi connectivity index (χ4v) is 2.38. The second-order valence-electron chi connectivity index (χ2n) is 6.37. The quantitative estimate of drug-likeness (QED) is 0.682. The monoisotopic (exact) mass is 369 g/mol. The largest absolute Gasteiger partial charge is 0.548 e. The van der Waals surface area contributed by atoms with Crippen LogP contribution >= 0.6 is 0 Å². The first-order valence-corrected chi connectivity index (χ1v) is 8.50. The van der Waals surface area contributed by atoms with Crippen molar-refractivity contribution >= 4 is 23.9 Å². The highest BCUT2D eigenvalue weighted by Gasteiger charge is 2.20. The Morgan fingerprint density at radius 1 is 1.11 bits per heavy atom. The van der Waals surface area contributed by atoms with Gasteiger partial charge in [-0.05, 0) is 36.6 Å². The van der Waals surface area contributed by atoms with E-state index < -0.39 is 23.8 Å². The minimum absolute atomic E-state index is 0.0320. The summed E-state index contributed by atoms with van der Waals surface area (Å²) in [5.41, 5.74) is 0.225. The second kappa shape index (κ2) is 9.38. The number of carbonyl (C=O) groups excluding carboxylic acids is 3. The Kier molecular flexibility index (Phi) is 6.93. The van der Waals surface area contributed by atoms with E-state index in [1.165, 1.54) is 12.3 Å². The SMILES string of the molecule is CC(C)C[C@@H](NC(=O)C(=Cc1ccco1)NC(=O)c1ccccc1)C(=O)[O-]. The molecular formula is C20H21N2O5-. The highest BCUT2D eigenvalue weighted by Crippen LogP contribution is 2.10. The molecule has 7 nitrogen and oxygen atoms in total. The molecule has 27 heavy (non-hydrogen) atoms. The lowest BCUT2D eigenvalue weighted by Gasteiger charge is -2.22. The third-order valence-corrected chi connectivity index (χ3v) is 3.66. The highest BCUT2D eigenvalue weighted by molar-refractivity contribution is 6.05. The van der Waals surface area contributed by atoms with Gasteiger partial charge in [-0.3, -0.25) is 9.59 Å². The second-order valence-corrected chi connectivity index (χ2v) is 6.37. The van der Waals surface area contributed by atoms with Gasteiger partial charge in [-0.2, -0.15) is 0 Å². The molecular weight excluding hydrogens is 348 g/mol.